The highest BCUT2D eigenvalue weighted by atomic mass is 32.1. The maximum Gasteiger partial charge on any atom is 0.104 e. The van der Waals surface area contributed by atoms with Crippen molar-refractivity contribution in [2.24, 2.45) is 0 Å². The number of thiophene rings is 1. The minimum atomic E-state index is -0.185. The second kappa shape index (κ2) is 6.18. The van der Waals surface area contributed by atoms with Gasteiger partial charge in [0.2, 0.25) is 0 Å². The Balaban J connectivity index is 2.00. The van der Waals surface area contributed by atoms with Crippen LogP contribution in [0.25, 0.3) is 0 Å². The Labute approximate surface area is 106 Å². The molecule has 0 aromatic carbocycles. The van der Waals surface area contributed by atoms with Crippen LogP contribution in [0.4, 0.5) is 0 Å². The molecular formula is C13H17NO2S. The van der Waals surface area contributed by atoms with E-state index >= 15 is 0 Å². The molecule has 0 bridgehead atoms. The Morgan fingerprint density at radius 2 is 2.41 bits per heavy atom. The highest BCUT2D eigenvalue weighted by Crippen LogP contribution is 2.20. The van der Waals surface area contributed by atoms with Crippen LogP contribution in [0.3, 0.4) is 0 Å². The maximum atomic E-state index is 9.62. The molecule has 0 saturated carbocycles. The third kappa shape index (κ3) is 3.55. The molecule has 1 aromatic rings. The van der Waals surface area contributed by atoms with Gasteiger partial charge in [-0.05, 0) is 30.8 Å². The van der Waals surface area contributed by atoms with Crippen LogP contribution in [0, 0.1) is 11.8 Å². The van der Waals surface area contributed by atoms with E-state index in [2.05, 4.69) is 16.7 Å². The number of rotatable bonds is 2. The Kier molecular flexibility index (Phi) is 4.57. The third-order valence-electron chi connectivity index (χ3n) is 2.90. The summed E-state index contributed by atoms with van der Waals surface area (Å²) >= 11 is 1.69. The summed E-state index contributed by atoms with van der Waals surface area (Å²) in [6.45, 7) is 2.55. The zero-order valence-electron chi connectivity index (χ0n) is 9.72. The lowest BCUT2D eigenvalue weighted by molar-refractivity contribution is 0.0673. The van der Waals surface area contributed by atoms with Gasteiger partial charge in [-0.2, -0.15) is 0 Å². The summed E-state index contributed by atoms with van der Waals surface area (Å²) in [5.74, 6) is 5.65. The van der Waals surface area contributed by atoms with Gasteiger partial charge in [-0.3, -0.25) is 4.90 Å². The number of aliphatic hydroxyl groups excluding tert-OH is 2. The van der Waals surface area contributed by atoms with E-state index in [0.717, 1.165) is 38.0 Å². The van der Waals surface area contributed by atoms with E-state index < -0.39 is 0 Å². The number of piperidine rings is 1. The van der Waals surface area contributed by atoms with Gasteiger partial charge in [-0.15, -0.1) is 11.3 Å². The maximum absolute atomic E-state index is 9.62. The van der Waals surface area contributed by atoms with Crippen molar-refractivity contribution in [3.05, 3.63) is 21.9 Å². The molecule has 1 fully saturated rings. The standard InChI is InChI=1S/C13H17NO2S/c15-7-2-3-11-5-8-17-13(11)10-14-6-1-4-12(16)9-14/h5,8,12,15-16H,1,4,6-7,9-10H2. The van der Waals surface area contributed by atoms with Crippen molar-refractivity contribution in [3.63, 3.8) is 0 Å². The summed E-state index contributed by atoms with van der Waals surface area (Å²) in [7, 11) is 0. The first-order chi connectivity index (χ1) is 8.29. The first-order valence-electron chi connectivity index (χ1n) is 5.86. The first kappa shape index (κ1) is 12.6. The van der Waals surface area contributed by atoms with Gasteiger partial charge in [0.25, 0.3) is 0 Å². The van der Waals surface area contributed by atoms with Crippen LogP contribution in [-0.2, 0) is 6.54 Å². The topological polar surface area (TPSA) is 43.7 Å². The molecule has 3 nitrogen and oxygen atoms in total. The largest absolute Gasteiger partial charge is 0.392 e. The summed E-state index contributed by atoms with van der Waals surface area (Å²) in [6.07, 6.45) is 1.79. The zero-order chi connectivity index (χ0) is 12.1. The van der Waals surface area contributed by atoms with Crippen LogP contribution in [0.1, 0.15) is 23.3 Å². The van der Waals surface area contributed by atoms with Gasteiger partial charge < -0.3 is 10.2 Å². The van der Waals surface area contributed by atoms with Gasteiger partial charge in [0.05, 0.1) is 6.10 Å². The molecule has 0 radical (unpaired) electrons. The SMILES string of the molecule is OCC#Cc1ccsc1CN1CCCC(O)C1. The molecule has 0 amide bonds. The van der Waals surface area contributed by atoms with E-state index in [1.807, 2.05) is 11.4 Å². The van der Waals surface area contributed by atoms with Crippen LogP contribution < -0.4 is 0 Å². The number of aliphatic hydroxyl groups is 2. The Morgan fingerprint density at radius 3 is 3.18 bits per heavy atom. The molecule has 4 heteroatoms. The molecule has 0 aliphatic carbocycles. The molecule has 1 unspecified atom stereocenters. The van der Waals surface area contributed by atoms with Crippen molar-refractivity contribution in [1.82, 2.24) is 4.90 Å². The van der Waals surface area contributed by atoms with Gasteiger partial charge in [0, 0.05) is 23.5 Å². The molecule has 17 heavy (non-hydrogen) atoms. The minimum Gasteiger partial charge on any atom is -0.392 e. The Hall–Kier alpha value is -0.860. The molecule has 1 saturated heterocycles. The Bertz CT molecular complexity index is 419. The van der Waals surface area contributed by atoms with Crippen LogP contribution in [0.5, 0.6) is 0 Å². The molecule has 2 heterocycles. The Morgan fingerprint density at radius 1 is 1.53 bits per heavy atom. The van der Waals surface area contributed by atoms with Gasteiger partial charge >= 0.3 is 0 Å². The number of hydrogen-bond donors (Lipinski definition) is 2. The lowest BCUT2D eigenvalue weighted by atomic mass is 10.1. The fraction of sp³-hybridized carbons (Fsp3) is 0.538. The number of β-amino-alcohol motifs (C(OH)–C–C–N with tert-alkyl or cyclic N) is 1. The normalized spacial score (nSPS) is 20.9. The molecule has 2 rings (SSSR count). The minimum absolute atomic E-state index is 0.0995. The lowest BCUT2D eigenvalue weighted by Crippen LogP contribution is -2.37. The van der Waals surface area contributed by atoms with Crippen molar-refractivity contribution in [2.75, 3.05) is 19.7 Å². The number of nitrogens with zero attached hydrogens (tertiary/aromatic N) is 1. The first-order valence-corrected chi connectivity index (χ1v) is 6.74. The highest BCUT2D eigenvalue weighted by Gasteiger charge is 2.18. The van der Waals surface area contributed by atoms with Crippen LogP contribution in [0.2, 0.25) is 0 Å². The van der Waals surface area contributed by atoms with Crippen molar-refractivity contribution >= 4 is 11.3 Å². The quantitative estimate of drug-likeness (QED) is 0.772. The molecule has 2 N–H and O–H groups in total. The molecule has 1 atom stereocenters. The van der Waals surface area contributed by atoms with Crippen molar-refractivity contribution in [3.8, 4) is 11.8 Å². The molecule has 1 aliphatic rings. The van der Waals surface area contributed by atoms with Crippen molar-refractivity contribution in [2.45, 2.75) is 25.5 Å². The monoisotopic (exact) mass is 251 g/mol. The molecule has 0 spiro atoms. The van der Waals surface area contributed by atoms with Crippen LogP contribution in [0.15, 0.2) is 11.4 Å². The average Bonchev–Trinajstić information content (AvgIpc) is 2.74. The second-order valence-electron chi connectivity index (χ2n) is 4.25. The fourth-order valence-electron chi connectivity index (χ4n) is 2.09. The lowest BCUT2D eigenvalue weighted by Gasteiger charge is -2.29. The van der Waals surface area contributed by atoms with Gasteiger partial charge in [-0.25, -0.2) is 0 Å². The molecule has 1 aromatic heterocycles. The van der Waals surface area contributed by atoms with E-state index in [9.17, 15) is 5.11 Å². The van der Waals surface area contributed by atoms with Crippen LogP contribution in [-0.4, -0.2) is 40.9 Å². The van der Waals surface area contributed by atoms with Gasteiger partial charge in [0.1, 0.15) is 6.61 Å². The van der Waals surface area contributed by atoms with E-state index in [4.69, 9.17) is 5.11 Å². The van der Waals surface area contributed by atoms with Crippen molar-refractivity contribution < 1.29 is 10.2 Å². The van der Waals surface area contributed by atoms with E-state index in [1.165, 1.54) is 4.88 Å². The zero-order valence-corrected chi connectivity index (χ0v) is 10.5. The van der Waals surface area contributed by atoms with E-state index in [0.29, 0.717) is 0 Å². The predicted octanol–water partition coefficient (Wildman–Crippen LogP) is 1.05. The summed E-state index contributed by atoms with van der Waals surface area (Å²) in [5.41, 5.74) is 1.00. The predicted molar refractivity (Wildman–Crippen MR) is 68.8 cm³/mol. The smallest absolute Gasteiger partial charge is 0.104 e. The summed E-state index contributed by atoms with van der Waals surface area (Å²) in [4.78, 5) is 3.49. The van der Waals surface area contributed by atoms with Crippen molar-refractivity contribution in [1.29, 1.82) is 0 Å². The van der Waals surface area contributed by atoms with Crippen LogP contribution >= 0.6 is 11.3 Å². The van der Waals surface area contributed by atoms with E-state index in [1.54, 1.807) is 11.3 Å². The summed E-state index contributed by atoms with van der Waals surface area (Å²) < 4.78 is 0. The number of hydrogen-bond acceptors (Lipinski definition) is 4. The summed E-state index contributed by atoms with van der Waals surface area (Å²) in [6, 6.07) is 1.99. The fourth-order valence-corrected chi connectivity index (χ4v) is 2.96. The second-order valence-corrected chi connectivity index (χ2v) is 5.25. The average molecular weight is 251 g/mol. The van der Waals surface area contributed by atoms with Gasteiger partial charge in [0.15, 0.2) is 0 Å². The van der Waals surface area contributed by atoms with E-state index in [-0.39, 0.29) is 12.7 Å². The summed E-state index contributed by atoms with van der Waals surface area (Å²) in [5, 5.41) is 20.3. The molecule has 92 valence electrons. The molecular weight excluding hydrogens is 234 g/mol. The number of likely N-dealkylation sites (tertiary alicyclic amines) is 1. The molecule has 1 aliphatic heterocycles. The van der Waals surface area contributed by atoms with Gasteiger partial charge in [-0.1, -0.05) is 11.8 Å². The highest BCUT2D eigenvalue weighted by molar-refractivity contribution is 7.10. The third-order valence-corrected chi connectivity index (χ3v) is 3.80.